The van der Waals surface area contributed by atoms with Crippen molar-refractivity contribution in [1.29, 1.82) is 0 Å². The maximum absolute atomic E-state index is 11.4. The third kappa shape index (κ3) is 1.64. The Hall–Kier alpha value is -1.91. The third-order valence-electron chi connectivity index (χ3n) is 2.23. The van der Waals surface area contributed by atoms with E-state index in [1.54, 1.807) is 19.9 Å². The van der Waals surface area contributed by atoms with E-state index in [1.165, 1.54) is 13.2 Å². The maximum atomic E-state index is 11.4. The van der Waals surface area contributed by atoms with Gasteiger partial charge in [-0.1, -0.05) is 0 Å². The fourth-order valence-electron chi connectivity index (χ4n) is 1.57. The van der Waals surface area contributed by atoms with Crippen LogP contribution in [0, 0.1) is 0 Å². The van der Waals surface area contributed by atoms with Crippen LogP contribution >= 0.6 is 0 Å². The average molecular weight is 223 g/mol. The van der Waals surface area contributed by atoms with Crippen molar-refractivity contribution >= 4 is 11.7 Å². The fraction of sp³-hybridized carbons (Fsp3) is 0.364. The summed E-state index contributed by atoms with van der Waals surface area (Å²) < 4.78 is 15.6. The lowest BCUT2D eigenvalue weighted by atomic mass is 10.1. The van der Waals surface area contributed by atoms with E-state index in [0.717, 1.165) is 0 Å². The third-order valence-corrected chi connectivity index (χ3v) is 2.23. The Balaban J connectivity index is 2.45. The van der Waals surface area contributed by atoms with Gasteiger partial charge in [-0.2, -0.15) is 0 Å². The molecule has 0 unspecified atom stereocenters. The SMILES string of the molecule is COC(=O)c1cc2c(cc1N)OC(C)(C)O2. The summed E-state index contributed by atoms with van der Waals surface area (Å²) in [6, 6.07) is 3.10. The van der Waals surface area contributed by atoms with Gasteiger partial charge >= 0.3 is 5.97 Å². The molecule has 0 amide bonds. The van der Waals surface area contributed by atoms with Gasteiger partial charge in [-0.05, 0) is 0 Å². The molecule has 5 heteroatoms. The van der Waals surface area contributed by atoms with E-state index in [4.69, 9.17) is 15.2 Å². The van der Waals surface area contributed by atoms with Crippen LogP contribution in [0.1, 0.15) is 24.2 Å². The smallest absolute Gasteiger partial charge is 0.340 e. The van der Waals surface area contributed by atoms with Gasteiger partial charge < -0.3 is 19.9 Å². The molecule has 2 N–H and O–H groups in total. The minimum absolute atomic E-state index is 0.280. The quantitative estimate of drug-likeness (QED) is 0.578. The van der Waals surface area contributed by atoms with E-state index in [9.17, 15) is 4.79 Å². The number of esters is 1. The van der Waals surface area contributed by atoms with Gasteiger partial charge in [-0.15, -0.1) is 0 Å². The van der Waals surface area contributed by atoms with Crippen LogP contribution in [-0.2, 0) is 4.74 Å². The number of nitrogens with two attached hydrogens (primary N) is 1. The first-order valence-electron chi connectivity index (χ1n) is 4.83. The summed E-state index contributed by atoms with van der Waals surface area (Å²) in [6.45, 7) is 3.56. The monoisotopic (exact) mass is 223 g/mol. The van der Waals surface area contributed by atoms with Crippen LogP contribution in [0.15, 0.2) is 12.1 Å². The first kappa shape index (κ1) is 10.6. The molecule has 0 aromatic heterocycles. The molecule has 1 aliphatic rings. The highest BCUT2D eigenvalue weighted by molar-refractivity contribution is 5.96. The second kappa shape index (κ2) is 3.30. The molecule has 0 atom stereocenters. The molecular weight excluding hydrogens is 210 g/mol. The standard InChI is InChI=1S/C11H13NO4/c1-11(2)15-8-4-6(10(13)14-3)7(12)5-9(8)16-11/h4-5H,12H2,1-3H3. The second-order valence-electron chi connectivity index (χ2n) is 3.98. The van der Waals surface area contributed by atoms with E-state index in [-0.39, 0.29) is 5.56 Å². The predicted molar refractivity (Wildman–Crippen MR) is 57.5 cm³/mol. The number of carbonyl (C=O) groups is 1. The van der Waals surface area contributed by atoms with Crippen LogP contribution in [-0.4, -0.2) is 18.9 Å². The Morgan fingerprint density at radius 1 is 1.31 bits per heavy atom. The molecule has 5 nitrogen and oxygen atoms in total. The van der Waals surface area contributed by atoms with Crippen molar-refractivity contribution < 1.29 is 19.0 Å². The number of ether oxygens (including phenoxy) is 3. The highest BCUT2D eigenvalue weighted by Gasteiger charge is 2.33. The summed E-state index contributed by atoms with van der Waals surface area (Å²) in [5, 5.41) is 0. The van der Waals surface area contributed by atoms with Crippen molar-refractivity contribution in [2.45, 2.75) is 19.6 Å². The van der Waals surface area contributed by atoms with Crippen LogP contribution in [0.5, 0.6) is 11.5 Å². The van der Waals surface area contributed by atoms with Crippen LogP contribution in [0.4, 0.5) is 5.69 Å². The Morgan fingerprint density at radius 2 is 1.88 bits per heavy atom. The molecule has 0 saturated carbocycles. The molecule has 1 aromatic carbocycles. The molecule has 0 fully saturated rings. The number of hydrogen-bond donors (Lipinski definition) is 1. The van der Waals surface area contributed by atoms with Gasteiger partial charge in [0.05, 0.1) is 18.4 Å². The second-order valence-corrected chi connectivity index (χ2v) is 3.98. The highest BCUT2D eigenvalue weighted by atomic mass is 16.7. The van der Waals surface area contributed by atoms with E-state index in [1.807, 2.05) is 0 Å². The predicted octanol–water partition coefficient (Wildman–Crippen LogP) is 1.56. The van der Waals surface area contributed by atoms with Gasteiger partial charge in [0.2, 0.25) is 5.79 Å². The van der Waals surface area contributed by atoms with Crippen molar-refractivity contribution in [1.82, 2.24) is 0 Å². The van der Waals surface area contributed by atoms with Crippen molar-refractivity contribution in [2.75, 3.05) is 12.8 Å². The molecule has 16 heavy (non-hydrogen) atoms. The molecule has 1 aromatic rings. The van der Waals surface area contributed by atoms with Gasteiger partial charge in [-0.25, -0.2) is 4.79 Å². The Kier molecular flexibility index (Phi) is 2.18. The van der Waals surface area contributed by atoms with Gasteiger partial charge in [-0.3, -0.25) is 0 Å². The average Bonchev–Trinajstić information content (AvgIpc) is 2.48. The number of benzene rings is 1. The summed E-state index contributed by atoms with van der Waals surface area (Å²) >= 11 is 0. The number of hydrogen-bond acceptors (Lipinski definition) is 5. The van der Waals surface area contributed by atoms with Gasteiger partial charge in [0.1, 0.15) is 0 Å². The van der Waals surface area contributed by atoms with Gasteiger partial charge in [0.15, 0.2) is 11.5 Å². The van der Waals surface area contributed by atoms with Crippen LogP contribution < -0.4 is 15.2 Å². The number of methoxy groups -OCH3 is 1. The van der Waals surface area contributed by atoms with Crippen molar-refractivity contribution in [3.05, 3.63) is 17.7 Å². The molecular formula is C11H13NO4. The summed E-state index contributed by atoms with van der Waals surface area (Å²) in [7, 11) is 1.30. The zero-order valence-electron chi connectivity index (χ0n) is 9.37. The minimum atomic E-state index is -0.733. The first-order valence-corrected chi connectivity index (χ1v) is 4.83. The molecule has 0 spiro atoms. The molecule has 1 heterocycles. The van der Waals surface area contributed by atoms with Crippen molar-refractivity contribution in [2.24, 2.45) is 0 Å². The summed E-state index contributed by atoms with van der Waals surface area (Å²) in [6.07, 6.45) is 0. The number of fused-ring (bicyclic) bond motifs is 1. The van der Waals surface area contributed by atoms with E-state index < -0.39 is 11.8 Å². The topological polar surface area (TPSA) is 70.8 Å². The fourth-order valence-corrected chi connectivity index (χ4v) is 1.57. The lowest BCUT2D eigenvalue weighted by Crippen LogP contribution is -2.29. The van der Waals surface area contributed by atoms with Gasteiger partial charge in [0.25, 0.3) is 0 Å². The van der Waals surface area contributed by atoms with E-state index in [2.05, 4.69) is 4.74 Å². The van der Waals surface area contributed by atoms with E-state index >= 15 is 0 Å². The summed E-state index contributed by atoms with van der Waals surface area (Å²) in [4.78, 5) is 11.4. The molecule has 0 aliphatic carbocycles. The lowest BCUT2D eigenvalue weighted by Gasteiger charge is -2.16. The molecule has 1 aliphatic heterocycles. The Labute approximate surface area is 93.1 Å². The van der Waals surface area contributed by atoms with Crippen molar-refractivity contribution in [3.63, 3.8) is 0 Å². The molecule has 0 radical (unpaired) electrons. The molecule has 0 bridgehead atoms. The Morgan fingerprint density at radius 3 is 2.44 bits per heavy atom. The molecule has 0 saturated heterocycles. The lowest BCUT2D eigenvalue weighted by molar-refractivity contribution is -0.0431. The van der Waals surface area contributed by atoms with E-state index in [0.29, 0.717) is 17.2 Å². The Bertz CT molecular complexity index is 454. The summed E-state index contributed by atoms with van der Waals surface area (Å²) in [5.74, 6) is -0.188. The highest BCUT2D eigenvalue weighted by Crippen LogP contribution is 2.41. The number of rotatable bonds is 1. The summed E-state index contributed by atoms with van der Waals surface area (Å²) in [5.41, 5.74) is 6.31. The van der Waals surface area contributed by atoms with Crippen LogP contribution in [0.25, 0.3) is 0 Å². The molecule has 2 rings (SSSR count). The first-order chi connectivity index (χ1) is 7.43. The van der Waals surface area contributed by atoms with Crippen molar-refractivity contribution in [3.8, 4) is 11.5 Å². The number of carbonyl (C=O) groups excluding carboxylic acids is 1. The zero-order chi connectivity index (χ0) is 11.9. The number of anilines is 1. The maximum Gasteiger partial charge on any atom is 0.340 e. The van der Waals surface area contributed by atoms with Crippen LogP contribution in [0.3, 0.4) is 0 Å². The largest absolute Gasteiger partial charge is 0.465 e. The minimum Gasteiger partial charge on any atom is -0.465 e. The normalized spacial score (nSPS) is 15.9. The van der Waals surface area contributed by atoms with Gasteiger partial charge in [0, 0.05) is 26.0 Å². The number of nitrogen functional groups attached to an aromatic ring is 1. The molecule has 86 valence electrons. The van der Waals surface area contributed by atoms with Crippen LogP contribution in [0.2, 0.25) is 0 Å². The zero-order valence-corrected chi connectivity index (χ0v) is 9.37.